The average Bonchev–Trinajstić information content (AvgIpc) is 2.92. The Morgan fingerprint density at radius 3 is 3.05 bits per heavy atom. The fourth-order valence-electron chi connectivity index (χ4n) is 2.06. The quantitative estimate of drug-likeness (QED) is 0.621. The Balaban J connectivity index is 1.88. The van der Waals surface area contributed by atoms with Crippen molar-refractivity contribution in [1.82, 2.24) is 15.3 Å². The van der Waals surface area contributed by atoms with Crippen LogP contribution in [0, 0.1) is 0 Å². The van der Waals surface area contributed by atoms with Crippen LogP contribution in [0.4, 0.5) is 0 Å². The van der Waals surface area contributed by atoms with E-state index in [4.69, 9.17) is 4.74 Å². The van der Waals surface area contributed by atoms with Crippen molar-refractivity contribution in [3.63, 3.8) is 0 Å². The number of aliphatic hydroxyl groups is 1. The molecule has 0 fully saturated rings. The molecule has 1 atom stereocenters. The number of benzene rings is 1. The third kappa shape index (κ3) is 4.62. The minimum atomic E-state index is 0.168. The number of ether oxygens (including phenoxy) is 1. The first-order chi connectivity index (χ1) is 10.3. The molecular weight excluding hydrogens is 286 g/mol. The van der Waals surface area contributed by atoms with Gasteiger partial charge in [-0.05, 0) is 31.5 Å². The lowest BCUT2D eigenvalue weighted by Crippen LogP contribution is -2.33. The van der Waals surface area contributed by atoms with Crippen LogP contribution in [0.15, 0.2) is 23.4 Å². The second-order valence-electron chi connectivity index (χ2n) is 4.90. The van der Waals surface area contributed by atoms with Gasteiger partial charge in [-0.25, -0.2) is 4.98 Å². The number of aliphatic hydroxyl groups excluding tert-OH is 1. The summed E-state index contributed by atoms with van der Waals surface area (Å²) in [5, 5.41) is 13.6. The first-order valence-electron chi connectivity index (χ1n) is 7.27. The normalized spacial score (nSPS) is 12.7. The van der Waals surface area contributed by atoms with E-state index in [1.807, 2.05) is 18.2 Å². The summed E-state index contributed by atoms with van der Waals surface area (Å²) in [6.07, 6.45) is 2.00. The lowest BCUT2D eigenvalue weighted by Gasteiger charge is -2.14. The number of imidazole rings is 1. The molecule has 116 valence electrons. The number of thioether (sulfide) groups is 1. The van der Waals surface area contributed by atoms with Gasteiger partial charge in [-0.3, -0.25) is 0 Å². The van der Waals surface area contributed by atoms with E-state index in [2.05, 4.69) is 22.2 Å². The maximum Gasteiger partial charge on any atom is 0.166 e. The van der Waals surface area contributed by atoms with Crippen molar-refractivity contribution in [2.24, 2.45) is 0 Å². The van der Waals surface area contributed by atoms with E-state index in [1.54, 1.807) is 18.9 Å². The second kappa shape index (κ2) is 8.26. The van der Waals surface area contributed by atoms with Crippen molar-refractivity contribution in [3.8, 4) is 5.75 Å². The maximum atomic E-state index is 9.31. The van der Waals surface area contributed by atoms with Gasteiger partial charge < -0.3 is 20.1 Å². The molecule has 0 radical (unpaired) electrons. The maximum absolute atomic E-state index is 9.31. The van der Waals surface area contributed by atoms with Gasteiger partial charge in [0.15, 0.2) is 5.16 Å². The van der Waals surface area contributed by atoms with Crippen molar-refractivity contribution in [1.29, 1.82) is 0 Å². The van der Waals surface area contributed by atoms with Crippen LogP contribution in [-0.4, -0.2) is 47.1 Å². The van der Waals surface area contributed by atoms with E-state index in [-0.39, 0.29) is 12.6 Å². The molecule has 3 N–H and O–H groups in total. The van der Waals surface area contributed by atoms with Gasteiger partial charge >= 0.3 is 0 Å². The van der Waals surface area contributed by atoms with Crippen LogP contribution >= 0.6 is 11.8 Å². The summed E-state index contributed by atoms with van der Waals surface area (Å²) in [6, 6.07) is 5.98. The fourth-order valence-corrected chi connectivity index (χ4v) is 3.01. The van der Waals surface area contributed by atoms with Gasteiger partial charge in [0, 0.05) is 17.9 Å². The van der Waals surface area contributed by atoms with Crippen molar-refractivity contribution in [3.05, 3.63) is 18.2 Å². The van der Waals surface area contributed by atoms with Gasteiger partial charge in [-0.15, -0.1) is 0 Å². The average molecular weight is 309 g/mol. The number of hydrogen-bond acceptors (Lipinski definition) is 5. The molecule has 1 unspecified atom stereocenters. The van der Waals surface area contributed by atoms with E-state index in [1.165, 1.54) is 0 Å². The van der Waals surface area contributed by atoms with Crippen molar-refractivity contribution in [2.45, 2.75) is 31.0 Å². The zero-order chi connectivity index (χ0) is 15.1. The molecule has 2 aromatic rings. The van der Waals surface area contributed by atoms with Crippen molar-refractivity contribution in [2.75, 3.05) is 26.0 Å². The number of hydrogen-bond donors (Lipinski definition) is 3. The van der Waals surface area contributed by atoms with Crippen LogP contribution in [0.1, 0.15) is 19.8 Å². The van der Waals surface area contributed by atoms with E-state index < -0.39 is 0 Å². The first kappa shape index (κ1) is 16.1. The van der Waals surface area contributed by atoms with Crippen LogP contribution in [0.3, 0.4) is 0 Å². The predicted molar refractivity (Wildman–Crippen MR) is 87.2 cm³/mol. The Hall–Kier alpha value is -1.24. The summed E-state index contributed by atoms with van der Waals surface area (Å²) in [7, 11) is 1.66. The number of aromatic amines is 1. The minimum absolute atomic E-state index is 0.168. The molecule has 0 spiro atoms. The smallest absolute Gasteiger partial charge is 0.166 e. The van der Waals surface area contributed by atoms with E-state index in [9.17, 15) is 5.11 Å². The van der Waals surface area contributed by atoms with Gasteiger partial charge in [0.25, 0.3) is 0 Å². The summed E-state index contributed by atoms with van der Waals surface area (Å²) < 4.78 is 5.21. The van der Waals surface area contributed by atoms with E-state index in [0.29, 0.717) is 0 Å². The fraction of sp³-hybridized carbons (Fsp3) is 0.533. The van der Waals surface area contributed by atoms with Crippen LogP contribution in [0.2, 0.25) is 0 Å². The number of rotatable bonds is 9. The number of fused-ring (bicyclic) bond motifs is 1. The van der Waals surface area contributed by atoms with Crippen LogP contribution in [-0.2, 0) is 0 Å². The van der Waals surface area contributed by atoms with Crippen molar-refractivity contribution >= 4 is 22.8 Å². The van der Waals surface area contributed by atoms with Crippen LogP contribution < -0.4 is 10.1 Å². The molecule has 0 aliphatic heterocycles. The molecule has 21 heavy (non-hydrogen) atoms. The van der Waals surface area contributed by atoms with Gasteiger partial charge in [0.2, 0.25) is 0 Å². The molecule has 0 aliphatic rings. The SMILES string of the molecule is CCCNC(CO)CCSc1nc2ccc(OC)cc2[nH]1. The number of H-pyrrole nitrogens is 1. The van der Waals surface area contributed by atoms with Gasteiger partial charge in [-0.1, -0.05) is 18.7 Å². The number of methoxy groups -OCH3 is 1. The molecule has 1 aromatic carbocycles. The number of nitrogens with zero attached hydrogens (tertiary/aromatic N) is 1. The lowest BCUT2D eigenvalue weighted by molar-refractivity contribution is 0.240. The third-order valence-corrected chi connectivity index (χ3v) is 4.18. The Labute approximate surface area is 129 Å². The molecule has 2 rings (SSSR count). The Morgan fingerprint density at radius 1 is 1.48 bits per heavy atom. The van der Waals surface area contributed by atoms with E-state index >= 15 is 0 Å². The highest BCUT2D eigenvalue weighted by atomic mass is 32.2. The van der Waals surface area contributed by atoms with Gasteiger partial charge in [0.05, 0.1) is 24.8 Å². The first-order valence-corrected chi connectivity index (χ1v) is 8.26. The summed E-state index contributed by atoms with van der Waals surface area (Å²) in [6.45, 7) is 3.25. The molecule has 6 heteroatoms. The number of aromatic nitrogens is 2. The summed E-state index contributed by atoms with van der Waals surface area (Å²) >= 11 is 1.68. The highest BCUT2D eigenvalue weighted by molar-refractivity contribution is 7.99. The summed E-state index contributed by atoms with van der Waals surface area (Å²) in [5.74, 6) is 1.74. The molecule has 0 saturated heterocycles. The second-order valence-corrected chi connectivity index (χ2v) is 5.98. The highest BCUT2D eigenvalue weighted by Gasteiger charge is 2.08. The summed E-state index contributed by atoms with van der Waals surface area (Å²) in [5.41, 5.74) is 1.93. The number of nitrogens with one attached hydrogen (secondary N) is 2. The largest absolute Gasteiger partial charge is 0.497 e. The molecule has 5 nitrogen and oxygen atoms in total. The molecule has 0 amide bonds. The third-order valence-electron chi connectivity index (χ3n) is 3.28. The minimum Gasteiger partial charge on any atom is -0.497 e. The Morgan fingerprint density at radius 2 is 2.33 bits per heavy atom. The molecule has 0 bridgehead atoms. The predicted octanol–water partition coefficient (Wildman–Crippen LogP) is 2.41. The standard InChI is InChI=1S/C15H23N3O2S/c1-3-7-16-11(10-19)6-8-21-15-17-13-5-4-12(20-2)9-14(13)18-15/h4-5,9,11,16,19H,3,6-8,10H2,1-2H3,(H,17,18). The highest BCUT2D eigenvalue weighted by Crippen LogP contribution is 2.23. The molecule has 0 saturated carbocycles. The van der Waals surface area contributed by atoms with Crippen molar-refractivity contribution < 1.29 is 9.84 Å². The zero-order valence-electron chi connectivity index (χ0n) is 12.6. The lowest BCUT2D eigenvalue weighted by atomic mass is 10.2. The Kier molecular flexibility index (Phi) is 6.35. The topological polar surface area (TPSA) is 70.2 Å². The van der Waals surface area contributed by atoms with Crippen LogP contribution in [0.25, 0.3) is 11.0 Å². The van der Waals surface area contributed by atoms with Gasteiger partial charge in [-0.2, -0.15) is 0 Å². The summed E-state index contributed by atoms with van der Waals surface area (Å²) in [4.78, 5) is 7.84. The molecular formula is C15H23N3O2S. The molecule has 1 heterocycles. The Bertz CT molecular complexity index is 559. The molecule has 0 aliphatic carbocycles. The van der Waals surface area contributed by atoms with Crippen LogP contribution in [0.5, 0.6) is 5.75 Å². The molecule has 1 aromatic heterocycles. The zero-order valence-corrected chi connectivity index (χ0v) is 13.4. The monoisotopic (exact) mass is 309 g/mol. The van der Waals surface area contributed by atoms with Gasteiger partial charge in [0.1, 0.15) is 5.75 Å². The van der Waals surface area contributed by atoms with E-state index in [0.717, 1.165) is 47.1 Å².